The summed E-state index contributed by atoms with van der Waals surface area (Å²) in [5.41, 5.74) is 0.957. The van der Waals surface area contributed by atoms with E-state index in [4.69, 9.17) is 0 Å². The van der Waals surface area contributed by atoms with Crippen LogP contribution in [0.15, 0.2) is 12.4 Å². The third kappa shape index (κ3) is 4.72. The van der Waals surface area contributed by atoms with Gasteiger partial charge in [-0.15, -0.1) is 0 Å². The predicted octanol–water partition coefficient (Wildman–Crippen LogP) is 1.47. The van der Waals surface area contributed by atoms with Gasteiger partial charge in [0.05, 0.1) is 11.9 Å². The van der Waals surface area contributed by atoms with Crippen LogP contribution in [0.25, 0.3) is 0 Å². The van der Waals surface area contributed by atoms with E-state index in [2.05, 4.69) is 38.9 Å². The zero-order valence-corrected chi connectivity index (χ0v) is 13.0. The molecule has 1 aliphatic heterocycles. The molecule has 112 valence electrons. The standard InChI is InChI=1S/C15H27N5/c1-4-19-5-7-20(8-6-19)12-13(2)9-17-15-11-16-10-14(3)18-15/h10-11,13H,4-9,12H2,1-3H3,(H,17,18)/t13-/m0/s1. The quantitative estimate of drug-likeness (QED) is 0.853. The second-order valence-electron chi connectivity index (χ2n) is 5.77. The van der Waals surface area contributed by atoms with Crippen molar-refractivity contribution in [3.63, 3.8) is 0 Å². The van der Waals surface area contributed by atoms with E-state index in [1.165, 1.54) is 32.7 Å². The van der Waals surface area contributed by atoms with Crippen molar-refractivity contribution in [2.75, 3.05) is 51.1 Å². The lowest BCUT2D eigenvalue weighted by Crippen LogP contribution is -2.47. The maximum absolute atomic E-state index is 4.42. The molecule has 5 heteroatoms. The predicted molar refractivity (Wildman–Crippen MR) is 83.0 cm³/mol. The Hall–Kier alpha value is -1.20. The summed E-state index contributed by atoms with van der Waals surface area (Å²) in [6.07, 6.45) is 3.57. The van der Waals surface area contributed by atoms with Crippen LogP contribution in [0.2, 0.25) is 0 Å². The zero-order valence-electron chi connectivity index (χ0n) is 13.0. The Morgan fingerprint density at radius 3 is 2.55 bits per heavy atom. The first-order valence-electron chi connectivity index (χ1n) is 7.64. The lowest BCUT2D eigenvalue weighted by atomic mass is 10.1. The average Bonchev–Trinajstić information content (AvgIpc) is 2.46. The lowest BCUT2D eigenvalue weighted by Gasteiger charge is -2.35. The summed E-state index contributed by atoms with van der Waals surface area (Å²) in [6.45, 7) is 14.6. The minimum absolute atomic E-state index is 0.616. The molecule has 0 amide bonds. The van der Waals surface area contributed by atoms with Crippen LogP contribution in [-0.2, 0) is 0 Å². The van der Waals surface area contributed by atoms with Crippen molar-refractivity contribution in [1.29, 1.82) is 0 Å². The SMILES string of the molecule is CCN1CCN(C[C@@H](C)CNc2cncc(C)n2)CC1. The van der Waals surface area contributed by atoms with Crippen molar-refractivity contribution in [1.82, 2.24) is 19.8 Å². The van der Waals surface area contributed by atoms with Gasteiger partial charge in [-0.25, -0.2) is 4.98 Å². The number of hydrogen-bond acceptors (Lipinski definition) is 5. The molecule has 0 bridgehead atoms. The van der Waals surface area contributed by atoms with E-state index in [0.717, 1.165) is 24.6 Å². The van der Waals surface area contributed by atoms with Gasteiger partial charge < -0.3 is 15.1 Å². The second kappa shape index (κ2) is 7.55. The van der Waals surface area contributed by atoms with Crippen molar-refractivity contribution < 1.29 is 0 Å². The Morgan fingerprint density at radius 1 is 1.20 bits per heavy atom. The molecule has 1 atom stereocenters. The summed E-state index contributed by atoms with van der Waals surface area (Å²) >= 11 is 0. The molecule has 1 aromatic heterocycles. The Labute approximate surface area is 122 Å². The van der Waals surface area contributed by atoms with Gasteiger partial charge in [0.2, 0.25) is 0 Å². The van der Waals surface area contributed by atoms with Gasteiger partial charge in [-0.05, 0) is 19.4 Å². The Bertz CT molecular complexity index is 401. The van der Waals surface area contributed by atoms with Gasteiger partial charge in [-0.1, -0.05) is 13.8 Å². The molecule has 20 heavy (non-hydrogen) atoms. The van der Waals surface area contributed by atoms with Crippen LogP contribution >= 0.6 is 0 Å². The summed E-state index contributed by atoms with van der Waals surface area (Å²) in [5, 5.41) is 3.38. The van der Waals surface area contributed by atoms with Gasteiger partial charge >= 0.3 is 0 Å². The monoisotopic (exact) mass is 277 g/mol. The van der Waals surface area contributed by atoms with Crippen LogP contribution in [-0.4, -0.2) is 65.6 Å². The van der Waals surface area contributed by atoms with E-state index in [9.17, 15) is 0 Å². The first kappa shape index (κ1) is 15.2. The van der Waals surface area contributed by atoms with Crippen molar-refractivity contribution in [3.05, 3.63) is 18.1 Å². The molecule has 5 nitrogen and oxygen atoms in total. The number of nitrogens with zero attached hydrogens (tertiary/aromatic N) is 4. The topological polar surface area (TPSA) is 44.3 Å². The average molecular weight is 277 g/mol. The van der Waals surface area contributed by atoms with Crippen LogP contribution in [0.5, 0.6) is 0 Å². The van der Waals surface area contributed by atoms with Gasteiger partial charge in [0.25, 0.3) is 0 Å². The molecule has 1 aromatic rings. The van der Waals surface area contributed by atoms with Gasteiger partial charge in [0.1, 0.15) is 5.82 Å². The molecule has 1 aliphatic rings. The largest absolute Gasteiger partial charge is 0.368 e. The third-order valence-corrected chi connectivity index (χ3v) is 3.87. The molecule has 0 saturated carbocycles. The molecule has 0 aromatic carbocycles. The van der Waals surface area contributed by atoms with Gasteiger partial charge in [-0.3, -0.25) is 4.98 Å². The number of likely N-dealkylation sites (N-methyl/N-ethyl adjacent to an activating group) is 1. The van der Waals surface area contributed by atoms with E-state index in [1.54, 1.807) is 12.4 Å². The maximum Gasteiger partial charge on any atom is 0.144 e. The van der Waals surface area contributed by atoms with Gasteiger partial charge in [0, 0.05) is 45.5 Å². The van der Waals surface area contributed by atoms with E-state index >= 15 is 0 Å². The molecular formula is C15H27N5. The Morgan fingerprint density at radius 2 is 1.90 bits per heavy atom. The fraction of sp³-hybridized carbons (Fsp3) is 0.733. The van der Waals surface area contributed by atoms with E-state index < -0.39 is 0 Å². The van der Waals surface area contributed by atoms with E-state index in [1.807, 2.05) is 6.92 Å². The number of nitrogens with one attached hydrogen (secondary N) is 1. The number of anilines is 1. The molecule has 2 rings (SSSR count). The number of hydrogen-bond donors (Lipinski definition) is 1. The highest BCUT2D eigenvalue weighted by Gasteiger charge is 2.17. The minimum atomic E-state index is 0.616. The second-order valence-corrected chi connectivity index (χ2v) is 5.77. The molecule has 0 unspecified atom stereocenters. The Balaban J connectivity index is 1.69. The van der Waals surface area contributed by atoms with Gasteiger partial charge in [0.15, 0.2) is 0 Å². The molecule has 1 N–H and O–H groups in total. The highest BCUT2D eigenvalue weighted by molar-refractivity contribution is 5.31. The molecule has 0 radical (unpaired) electrons. The minimum Gasteiger partial charge on any atom is -0.368 e. The number of aryl methyl sites for hydroxylation is 1. The summed E-state index contributed by atoms with van der Waals surface area (Å²) in [4.78, 5) is 13.7. The molecule has 2 heterocycles. The van der Waals surface area contributed by atoms with Crippen molar-refractivity contribution in [2.24, 2.45) is 5.92 Å². The first-order chi connectivity index (χ1) is 9.67. The summed E-state index contributed by atoms with van der Waals surface area (Å²) < 4.78 is 0. The summed E-state index contributed by atoms with van der Waals surface area (Å²) in [6, 6.07) is 0. The molecule has 1 saturated heterocycles. The number of piperazine rings is 1. The molecule has 0 spiro atoms. The van der Waals surface area contributed by atoms with Crippen LogP contribution in [0, 0.1) is 12.8 Å². The summed E-state index contributed by atoms with van der Waals surface area (Å²) in [7, 11) is 0. The molecule has 0 aliphatic carbocycles. The summed E-state index contributed by atoms with van der Waals surface area (Å²) in [5.74, 6) is 1.50. The van der Waals surface area contributed by atoms with Crippen molar-refractivity contribution in [3.8, 4) is 0 Å². The lowest BCUT2D eigenvalue weighted by molar-refractivity contribution is 0.126. The van der Waals surface area contributed by atoms with Gasteiger partial charge in [-0.2, -0.15) is 0 Å². The Kier molecular flexibility index (Phi) is 5.73. The fourth-order valence-electron chi connectivity index (χ4n) is 2.62. The zero-order chi connectivity index (χ0) is 14.4. The van der Waals surface area contributed by atoms with Crippen LogP contribution in [0.3, 0.4) is 0 Å². The third-order valence-electron chi connectivity index (χ3n) is 3.87. The van der Waals surface area contributed by atoms with Crippen LogP contribution in [0.4, 0.5) is 5.82 Å². The van der Waals surface area contributed by atoms with E-state index in [-0.39, 0.29) is 0 Å². The molecular weight excluding hydrogens is 250 g/mol. The van der Waals surface area contributed by atoms with Crippen molar-refractivity contribution >= 4 is 5.82 Å². The smallest absolute Gasteiger partial charge is 0.144 e. The highest BCUT2D eigenvalue weighted by Crippen LogP contribution is 2.07. The highest BCUT2D eigenvalue weighted by atomic mass is 15.3. The number of aromatic nitrogens is 2. The molecule has 1 fully saturated rings. The van der Waals surface area contributed by atoms with Crippen molar-refractivity contribution in [2.45, 2.75) is 20.8 Å². The number of rotatable bonds is 6. The van der Waals surface area contributed by atoms with Crippen LogP contribution in [0.1, 0.15) is 19.5 Å². The first-order valence-corrected chi connectivity index (χ1v) is 7.64. The normalized spacial score (nSPS) is 18.9. The fourth-order valence-corrected chi connectivity index (χ4v) is 2.62. The van der Waals surface area contributed by atoms with E-state index in [0.29, 0.717) is 5.92 Å². The van der Waals surface area contributed by atoms with Crippen LogP contribution < -0.4 is 5.32 Å². The maximum atomic E-state index is 4.42.